The number of thioether (sulfide) groups is 1. The predicted octanol–water partition coefficient (Wildman–Crippen LogP) is 3.49. The van der Waals surface area contributed by atoms with E-state index in [1.165, 1.54) is 0 Å². The van der Waals surface area contributed by atoms with E-state index in [0.717, 1.165) is 34.1 Å². The van der Waals surface area contributed by atoms with Crippen LogP contribution in [-0.4, -0.2) is 26.8 Å². The van der Waals surface area contributed by atoms with E-state index in [1.54, 1.807) is 0 Å². The van der Waals surface area contributed by atoms with Crippen LogP contribution in [0.3, 0.4) is 0 Å². The normalized spacial score (nSPS) is 10.6. The number of nitrogens with one attached hydrogen (secondary N) is 2. The molecule has 138 valence electrons. The van der Waals surface area contributed by atoms with Crippen LogP contribution >= 0.6 is 11.8 Å². The molecule has 0 unspecified atom stereocenters. The van der Waals surface area contributed by atoms with Crippen molar-refractivity contribution >= 4 is 23.4 Å². The third-order valence-electron chi connectivity index (χ3n) is 4.09. The van der Waals surface area contributed by atoms with E-state index in [4.69, 9.17) is 0 Å². The minimum absolute atomic E-state index is 0.127. The number of rotatable bonds is 5. The zero-order valence-electron chi connectivity index (χ0n) is 15.4. The molecule has 0 fully saturated rings. The lowest BCUT2D eigenvalue weighted by atomic mass is 10.1. The van der Waals surface area contributed by atoms with Gasteiger partial charge in [-0.2, -0.15) is 0 Å². The van der Waals surface area contributed by atoms with Gasteiger partial charge in [-0.3, -0.25) is 14.6 Å². The number of anilines is 1. The van der Waals surface area contributed by atoms with E-state index in [2.05, 4.69) is 20.5 Å². The van der Waals surface area contributed by atoms with Crippen molar-refractivity contribution in [1.29, 1.82) is 0 Å². The molecule has 0 saturated heterocycles. The van der Waals surface area contributed by atoms with Crippen LogP contribution in [0.4, 0.5) is 5.69 Å². The zero-order chi connectivity index (χ0) is 19.4. The number of carbonyl (C=O) groups is 1. The van der Waals surface area contributed by atoms with E-state index in [1.807, 2.05) is 63.2 Å². The molecule has 2 aromatic carbocycles. The van der Waals surface area contributed by atoms with Gasteiger partial charge in [-0.05, 0) is 31.9 Å². The summed E-state index contributed by atoms with van der Waals surface area (Å²) in [5.41, 5.74) is 4.57. The number of nitrogens with zero attached hydrogens (tertiary/aromatic N) is 2. The van der Waals surface area contributed by atoms with Crippen LogP contribution in [0.15, 0.2) is 52.4 Å². The van der Waals surface area contributed by atoms with Crippen LogP contribution in [0, 0.1) is 20.8 Å². The molecule has 3 aromatic rings. The van der Waals surface area contributed by atoms with Gasteiger partial charge in [-0.15, -0.1) is 10.2 Å². The van der Waals surface area contributed by atoms with Crippen LogP contribution in [0.2, 0.25) is 0 Å². The Morgan fingerprint density at radius 1 is 1.04 bits per heavy atom. The molecular formula is C20H20N4O2S. The molecule has 27 heavy (non-hydrogen) atoms. The van der Waals surface area contributed by atoms with Crippen molar-refractivity contribution in [3.63, 3.8) is 0 Å². The number of aromatic nitrogens is 3. The lowest BCUT2D eigenvalue weighted by Gasteiger charge is -2.11. The van der Waals surface area contributed by atoms with Crippen molar-refractivity contribution in [3.05, 3.63) is 69.5 Å². The maximum Gasteiger partial charge on any atom is 0.278 e. The highest BCUT2D eigenvalue weighted by molar-refractivity contribution is 7.99. The second-order valence-electron chi connectivity index (χ2n) is 6.28. The second kappa shape index (κ2) is 8.18. The smallest absolute Gasteiger partial charge is 0.278 e. The first-order valence-electron chi connectivity index (χ1n) is 8.47. The molecule has 0 atom stereocenters. The minimum atomic E-state index is -0.327. The summed E-state index contributed by atoms with van der Waals surface area (Å²) in [7, 11) is 0. The Morgan fingerprint density at radius 2 is 1.70 bits per heavy atom. The Hall–Kier alpha value is -2.93. The SMILES string of the molecule is Cc1ccc(-c2nnc(SCC(=O)Nc3c(C)cccc3C)[nH]c2=O)cc1. The van der Waals surface area contributed by atoms with Crippen LogP contribution in [0.25, 0.3) is 11.3 Å². The van der Waals surface area contributed by atoms with Gasteiger partial charge in [0, 0.05) is 11.3 Å². The molecular weight excluding hydrogens is 360 g/mol. The first-order chi connectivity index (χ1) is 12.9. The summed E-state index contributed by atoms with van der Waals surface area (Å²) >= 11 is 1.14. The van der Waals surface area contributed by atoms with Crippen molar-refractivity contribution in [1.82, 2.24) is 15.2 Å². The van der Waals surface area contributed by atoms with Crippen molar-refractivity contribution in [2.24, 2.45) is 0 Å². The molecule has 0 bridgehead atoms. The maximum atomic E-state index is 12.3. The lowest BCUT2D eigenvalue weighted by Crippen LogP contribution is -2.18. The minimum Gasteiger partial charge on any atom is -0.325 e. The Kier molecular flexibility index (Phi) is 5.71. The molecule has 1 aromatic heterocycles. The number of amides is 1. The number of hydrogen-bond acceptors (Lipinski definition) is 5. The maximum absolute atomic E-state index is 12.3. The van der Waals surface area contributed by atoms with Gasteiger partial charge in [0.2, 0.25) is 5.91 Å². The Balaban J connectivity index is 1.66. The zero-order valence-corrected chi connectivity index (χ0v) is 16.2. The summed E-state index contributed by atoms with van der Waals surface area (Å²) in [5.74, 6) is -0.0369. The molecule has 0 saturated carbocycles. The number of aromatic amines is 1. The van der Waals surface area contributed by atoms with Gasteiger partial charge in [0.1, 0.15) is 0 Å². The molecule has 0 spiro atoms. The van der Waals surface area contributed by atoms with Gasteiger partial charge in [0.15, 0.2) is 10.9 Å². The molecule has 6 nitrogen and oxygen atoms in total. The van der Waals surface area contributed by atoms with Crippen LogP contribution in [0.1, 0.15) is 16.7 Å². The van der Waals surface area contributed by atoms with Gasteiger partial charge in [0.05, 0.1) is 5.75 Å². The van der Waals surface area contributed by atoms with Crippen molar-refractivity contribution in [2.45, 2.75) is 25.9 Å². The fraction of sp³-hybridized carbons (Fsp3) is 0.200. The Bertz CT molecular complexity index is 1010. The molecule has 1 heterocycles. The van der Waals surface area contributed by atoms with Crippen LogP contribution in [0.5, 0.6) is 0 Å². The third kappa shape index (κ3) is 4.62. The van der Waals surface area contributed by atoms with Gasteiger partial charge in [-0.1, -0.05) is 59.8 Å². The van der Waals surface area contributed by atoms with Gasteiger partial charge in [-0.25, -0.2) is 0 Å². The largest absolute Gasteiger partial charge is 0.325 e. The first-order valence-corrected chi connectivity index (χ1v) is 9.45. The summed E-state index contributed by atoms with van der Waals surface area (Å²) in [4.78, 5) is 27.2. The van der Waals surface area contributed by atoms with Gasteiger partial charge >= 0.3 is 0 Å². The first kappa shape index (κ1) is 18.8. The summed E-state index contributed by atoms with van der Waals surface area (Å²) in [6.07, 6.45) is 0. The second-order valence-corrected chi connectivity index (χ2v) is 7.24. The fourth-order valence-electron chi connectivity index (χ4n) is 2.61. The third-order valence-corrected chi connectivity index (χ3v) is 4.95. The molecule has 0 aliphatic heterocycles. The van der Waals surface area contributed by atoms with Crippen molar-refractivity contribution < 1.29 is 4.79 Å². The molecule has 7 heteroatoms. The number of para-hydroxylation sites is 1. The summed E-state index contributed by atoms with van der Waals surface area (Å²) in [6.45, 7) is 5.87. The number of aryl methyl sites for hydroxylation is 3. The average Bonchev–Trinajstić information content (AvgIpc) is 2.64. The molecule has 0 aliphatic rings. The highest BCUT2D eigenvalue weighted by Gasteiger charge is 2.11. The number of hydrogen-bond donors (Lipinski definition) is 2. The highest BCUT2D eigenvalue weighted by atomic mass is 32.2. The Labute approximate surface area is 161 Å². The van der Waals surface area contributed by atoms with E-state index < -0.39 is 0 Å². The molecule has 1 amide bonds. The van der Waals surface area contributed by atoms with E-state index in [9.17, 15) is 9.59 Å². The number of benzene rings is 2. The number of H-pyrrole nitrogens is 1. The predicted molar refractivity (Wildman–Crippen MR) is 108 cm³/mol. The molecule has 0 radical (unpaired) electrons. The molecule has 0 aliphatic carbocycles. The van der Waals surface area contributed by atoms with E-state index in [-0.39, 0.29) is 22.9 Å². The van der Waals surface area contributed by atoms with Crippen molar-refractivity contribution in [2.75, 3.05) is 11.1 Å². The summed E-state index contributed by atoms with van der Waals surface area (Å²) in [6, 6.07) is 13.3. The van der Waals surface area contributed by atoms with Crippen LogP contribution < -0.4 is 10.9 Å². The van der Waals surface area contributed by atoms with Crippen molar-refractivity contribution in [3.8, 4) is 11.3 Å². The summed E-state index contributed by atoms with van der Waals surface area (Å²) in [5, 5.41) is 11.3. The fourth-order valence-corrected chi connectivity index (χ4v) is 3.21. The van der Waals surface area contributed by atoms with E-state index in [0.29, 0.717) is 10.7 Å². The molecule has 3 rings (SSSR count). The van der Waals surface area contributed by atoms with Gasteiger partial charge in [0.25, 0.3) is 5.56 Å². The summed E-state index contributed by atoms with van der Waals surface area (Å²) < 4.78 is 0. The highest BCUT2D eigenvalue weighted by Crippen LogP contribution is 2.20. The van der Waals surface area contributed by atoms with E-state index >= 15 is 0 Å². The topological polar surface area (TPSA) is 87.7 Å². The van der Waals surface area contributed by atoms with Crippen LogP contribution in [-0.2, 0) is 4.79 Å². The quantitative estimate of drug-likeness (QED) is 0.662. The molecule has 2 N–H and O–H groups in total. The lowest BCUT2D eigenvalue weighted by molar-refractivity contribution is -0.113. The standard InChI is InChI=1S/C20H20N4O2S/c1-12-7-9-15(10-8-12)18-19(26)22-20(24-23-18)27-11-16(25)21-17-13(2)5-4-6-14(17)3/h4-10H,11H2,1-3H3,(H,21,25)(H,22,24,26). The van der Waals surface area contributed by atoms with Gasteiger partial charge < -0.3 is 5.32 Å². The Morgan fingerprint density at radius 3 is 2.33 bits per heavy atom. The monoisotopic (exact) mass is 380 g/mol. The number of carbonyl (C=O) groups excluding carboxylic acids is 1. The average molecular weight is 380 g/mol.